The van der Waals surface area contributed by atoms with Gasteiger partial charge in [-0.05, 0) is 43.4 Å². The van der Waals surface area contributed by atoms with Crippen molar-refractivity contribution in [3.63, 3.8) is 0 Å². The number of methoxy groups -OCH3 is 1. The standard InChI is InChI=1S/C19H27BrN4O2.HI/c1-21-17(23-16-6-10-24(11-7-16)18(25)26-2)22-13-19(8-9-19)14-4-3-5-15(20)12-14;/h3-5,12,16H,6-11,13H2,1-2H3,(H2,21,22,23);1H. The first kappa shape index (κ1) is 22.3. The summed E-state index contributed by atoms with van der Waals surface area (Å²) in [5.74, 6) is 0.836. The summed E-state index contributed by atoms with van der Waals surface area (Å²) >= 11 is 3.57. The van der Waals surface area contributed by atoms with Gasteiger partial charge in [0.1, 0.15) is 0 Å². The summed E-state index contributed by atoms with van der Waals surface area (Å²) in [6, 6.07) is 8.91. The number of likely N-dealkylation sites (tertiary alicyclic amines) is 1. The molecule has 0 unspecified atom stereocenters. The Hall–Kier alpha value is -1.03. The third-order valence-corrected chi connectivity index (χ3v) is 5.87. The van der Waals surface area contributed by atoms with Crippen LogP contribution in [-0.2, 0) is 10.2 Å². The summed E-state index contributed by atoms with van der Waals surface area (Å²) in [6.45, 7) is 2.30. The van der Waals surface area contributed by atoms with Crippen LogP contribution in [0.4, 0.5) is 4.79 Å². The number of guanidine groups is 1. The smallest absolute Gasteiger partial charge is 0.409 e. The SMILES string of the molecule is CN=C(NCC1(c2cccc(Br)c2)CC1)NC1CCN(C(=O)OC)CC1.I. The van der Waals surface area contributed by atoms with E-state index in [9.17, 15) is 4.79 Å². The number of aliphatic imine (C=N–C) groups is 1. The first-order valence-corrected chi connectivity index (χ1v) is 9.92. The molecule has 1 aliphatic carbocycles. The second-order valence-electron chi connectivity index (χ2n) is 7.09. The van der Waals surface area contributed by atoms with E-state index < -0.39 is 0 Å². The number of hydrogen-bond acceptors (Lipinski definition) is 3. The van der Waals surface area contributed by atoms with Crippen molar-refractivity contribution >= 4 is 52.0 Å². The lowest BCUT2D eigenvalue weighted by Crippen LogP contribution is -2.50. The molecule has 1 heterocycles. The van der Waals surface area contributed by atoms with E-state index in [0.717, 1.165) is 29.8 Å². The van der Waals surface area contributed by atoms with Crippen molar-refractivity contribution in [3.05, 3.63) is 34.3 Å². The lowest BCUT2D eigenvalue weighted by molar-refractivity contribution is 0.111. The maximum absolute atomic E-state index is 11.6. The maximum Gasteiger partial charge on any atom is 0.409 e. The van der Waals surface area contributed by atoms with Crippen molar-refractivity contribution in [2.75, 3.05) is 33.8 Å². The van der Waals surface area contributed by atoms with E-state index in [0.29, 0.717) is 19.1 Å². The second-order valence-corrected chi connectivity index (χ2v) is 8.01. The zero-order valence-corrected chi connectivity index (χ0v) is 19.7. The van der Waals surface area contributed by atoms with Gasteiger partial charge in [0.25, 0.3) is 0 Å². The molecule has 27 heavy (non-hydrogen) atoms. The van der Waals surface area contributed by atoms with Gasteiger partial charge >= 0.3 is 6.09 Å². The Bertz CT molecular complexity index is 673. The molecule has 0 atom stereocenters. The van der Waals surface area contributed by atoms with Crippen LogP contribution in [0.15, 0.2) is 33.7 Å². The minimum Gasteiger partial charge on any atom is -0.453 e. The molecule has 0 radical (unpaired) electrons. The molecule has 1 amide bonds. The third kappa shape index (κ3) is 5.73. The number of hydrogen-bond donors (Lipinski definition) is 2. The van der Waals surface area contributed by atoms with Gasteiger partial charge < -0.3 is 20.3 Å². The highest BCUT2D eigenvalue weighted by Gasteiger charge is 2.44. The van der Waals surface area contributed by atoms with Crippen LogP contribution in [0.3, 0.4) is 0 Å². The largest absolute Gasteiger partial charge is 0.453 e. The van der Waals surface area contributed by atoms with Gasteiger partial charge in [-0.25, -0.2) is 4.79 Å². The predicted molar refractivity (Wildman–Crippen MR) is 122 cm³/mol. The molecule has 150 valence electrons. The third-order valence-electron chi connectivity index (χ3n) is 5.38. The lowest BCUT2D eigenvalue weighted by Gasteiger charge is -2.32. The highest BCUT2D eigenvalue weighted by atomic mass is 127. The number of benzene rings is 1. The van der Waals surface area contributed by atoms with Gasteiger partial charge in [-0.2, -0.15) is 0 Å². The first-order valence-electron chi connectivity index (χ1n) is 9.12. The zero-order valence-electron chi connectivity index (χ0n) is 15.8. The molecule has 2 fully saturated rings. The number of nitrogens with zero attached hydrogens (tertiary/aromatic N) is 2. The van der Waals surface area contributed by atoms with Crippen LogP contribution < -0.4 is 10.6 Å². The van der Waals surface area contributed by atoms with Crippen LogP contribution >= 0.6 is 39.9 Å². The number of nitrogens with one attached hydrogen (secondary N) is 2. The minimum atomic E-state index is -0.240. The molecule has 1 aromatic rings. The Morgan fingerprint density at radius 1 is 1.37 bits per heavy atom. The Balaban J connectivity index is 0.00000261. The van der Waals surface area contributed by atoms with Crippen molar-refractivity contribution in [1.82, 2.24) is 15.5 Å². The van der Waals surface area contributed by atoms with Gasteiger partial charge in [0, 0.05) is 42.6 Å². The van der Waals surface area contributed by atoms with Gasteiger partial charge in [0.2, 0.25) is 0 Å². The van der Waals surface area contributed by atoms with Crippen LogP contribution in [0.25, 0.3) is 0 Å². The molecule has 0 spiro atoms. The monoisotopic (exact) mass is 550 g/mol. The second kappa shape index (κ2) is 9.95. The highest BCUT2D eigenvalue weighted by molar-refractivity contribution is 14.0. The number of amides is 1. The van der Waals surface area contributed by atoms with Gasteiger partial charge in [-0.1, -0.05) is 28.1 Å². The van der Waals surface area contributed by atoms with Crippen molar-refractivity contribution in [2.45, 2.75) is 37.1 Å². The van der Waals surface area contributed by atoms with Gasteiger partial charge in [0.15, 0.2) is 5.96 Å². The fourth-order valence-corrected chi connectivity index (χ4v) is 3.91. The predicted octanol–water partition coefficient (Wildman–Crippen LogP) is 3.49. The van der Waals surface area contributed by atoms with Gasteiger partial charge in [-0.3, -0.25) is 4.99 Å². The average Bonchev–Trinajstić information content (AvgIpc) is 3.46. The molecule has 1 aliphatic heterocycles. The molecule has 2 aliphatic rings. The van der Waals surface area contributed by atoms with E-state index in [1.165, 1.54) is 25.5 Å². The summed E-state index contributed by atoms with van der Waals surface area (Å²) in [6.07, 6.45) is 3.95. The van der Waals surface area contributed by atoms with Crippen LogP contribution in [0.1, 0.15) is 31.2 Å². The van der Waals surface area contributed by atoms with Crippen LogP contribution in [0.2, 0.25) is 0 Å². The van der Waals surface area contributed by atoms with E-state index >= 15 is 0 Å². The summed E-state index contributed by atoms with van der Waals surface area (Å²) in [7, 11) is 3.23. The van der Waals surface area contributed by atoms with E-state index in [1.807, 2.05) is 0 Å². The molecule has 1 aromatic carbocycles. The van der Waals surface area contributed by atoms with Crippen molar-refractivity contribution in [2.24, 2.45) is 4.99 Å². The fourth-order valence-electron chi connectivity index (χ4n) is 3.51. The number of carbonyl (C=O) groups excluding carboxylic acids is 1. The Kier molecular flexibility index (Phi) is 8.20. The van der Waals surface area contributed by atoms with Crippen molar-refractivity contribution < 1.29 is 9.53 Å². The minimum absolute atomic E-state index is 0. The van der Waals surface area contributed by atoms with Crippen molar-refractivity contribution in [3.8, 4) is 0 Å². The van der Waals surface area contributed by atoms with E-state index in [4.69, 9.17) is 4.74 Å². The summed E-state index contributed by atoms with van der Waals surface area (Å²) in [5.41, 5.74) is 1.59. The molecule has 2 N–H and O–H groups in total. The highest BCUT2D eigenvalue weighted by Crippen LogP contribution is 2.48. The number of ether oxygens (including phenoxy) is 1. The molecule has 8 heteroatoms. The molecule has 1 saturated carbocycles. The zero-order chi connectivity index (χ0) is 18.6. The van der Waals surface area contributed by atoms with Crippen molar-refractivity contribution in [1.29, 1.82) is 0 Å². The van der Waals surface area contributed by atoms with Crippen LogP contribution in [0.5, 0.6) is 0 Å². The number of carbonyl (C=O) groups is 1. The topological polar surface area (TPSA) is 66.0 Å². The normalized spacial score (nSPS) is 19.1. The van der Waals surface area contributed by atoms with Gasteiger partial charge in [0.05, 0.1) is 7.11 Å². The first-order chi connectivity index (χ1) is 12.6. The fraction of sp³-hybridized carbons (Fsp3) is 0.579. The number of piperidine rings is 1. The molecular weight excluding hydrogens is 523 g/mol. The Morgan fingerprint density at radius 3 is 2.63 bits per heavy atom. The molecule has 0 aromatic heterocycles. The van der Waals surface area contributed by atoms with E-state index in [1.54, 1.807) is 11.9 Å². The Labute approximate surface area is 186 Å². The number of halogens is 2. The van der Waals surface area contributed by atoms with E-state index in [-0.39, 0.29) is 35.5 Å². The molecule has 0 bridgehead atoms. The molecule has 1 saturated heterocycles. The quantitative estimate of drug-likeness (QED) is 0.342. The number of rotatable bonds is 4. The molecule has 6 nitrogen and oxygen atoms in total. The summed E-state index contributed by atoms with van der Waals surface area (Å²) < 4.78 is 5.91. The van der Waals surface area contributed by atoms with Crippen LogP contribution in [0, 0.1) is 0 Å². The maximum atomic E-state index is 11.6. The Morgan fingerprint density at radius 2 is 2.07 bits per heavy atom. The van der Waals surface area contributed by atoms with Gasteiger partial charge in [-0.15, -0.1) is 24.0 Å². The van der Waals surface area contributed by atoms with E-state index in [2.05, 4.69) is 55.8 Å². The summed E-state index contributed by atoms with van der Waals surface area (Å²) in [4.78, 5) is 17.7. The average molecular weight is 551 g/mol. The lowest BCUT2D eigenvalue weighted by atomic mass is 9.96. The molecule has 3 rings (SSSR count). The summed E-state index contributed by atoms with van der Waals surface area (Å²) in [5, 5.41) is 7.00. The molecular formula is C19H28BrIN4O2. The van der Waals surface area contributed by atoms with Crippen LogP contribution in [-0.4, -0.2) is 56.8 Å².